The van der Waals surface area contributed by atoms with Crippen molar-refractivity contribution in [3.8, 4) is 11.5 Å². The highest BCUT2D eigenvalue weighted by Crippen LogP contribution is 2.26. The summed E-state index contributed by atoms with van der Waals surface area (Å²) in [5.74, 6) is 1.48. The molecule has 0 aliphatic rings. The molecule has 0 amide bonds. The van der Waals surface area contributed by atoms with E-state index in [0.29, 0.717) is 41.0 Å². The smallest absolute Gasteiger partial charge is 0.222 e. The summed E-state index contributed by atoms with van der Waals surface area (Å²) in [4.78, 5) is 13.4. The fourth-order valence-electron chi connectivity index (χ4n) is 3.06. The molecule has 0 saturated heterocycles. The Labute approximate surface area is 162 Å². The Hall–Kier alpha value is -3.29. The zero-order valence-corrected chi connectivity index (χ0v) is 16.4. The third-order valence-electron chi connectivity index (χ3n) is 4.63. The summed E-state index contributed by atoms with van der Waals surface area (Å²) in [5.41, 5.74) is 10.8. The number of fused-ring (bicyclic) bond motifs is 1. The van der Waals surface area contributed by atoms with Crippen molar-refractivity contribution in [2.75, 3.05) is 5.73 Å². The van der Waals surface area contributed by atoms with Crippen LogP contribution in [0.2, 0.25) is 0 Å². The molecule has 4 heterocycles. The SMILES string of the molecule is CC(C)c1cc(Cn2nnc3c(-c4ccco4)nc(N)nc32)nc(C(C)C)c1. The van der Waals surface area contributed by atoms with Gasteiger partial charge in [-0.2, -0.15) is 4.98 Å². The van der Waals surface area contributed by atoms with Gasteiger partial charge in [-0.3, -0.25) is 4.98 Å². The lowest BCUT2D eigenvalue weighted by Gasteiger charge is -2.13. The summed E-state index contributed by atoms with van der Waals surface area (Å²) < 4.78 is 7.16. The largest absolute Gasteiger partial charge is 0.463 e. The predicted octanol–water partition coefficient (Wildman–Crippen LogP) is 3.75. The molecule has 4 aromatic rings. The van der Waals surface area contributed by atoms with Crippen molar-refractivity contribution in [2.45, 2.75) is 46.1 Å². The summed E-state index contributed by atoms with van der Waals surface area (Å²) in [6, 6.07) is 7.89. The molecule has 144 valence electrons. The van der Waals surface area contributed by atoms with Crippen LogP contribution < -0.4 is 5.73 Å². The fraction of sp³-hybridized carbons (Fsp3) is 0.350. The average molecular weight is 377 g/mol. The molecule has 0 fully saturated rings. The van der Waals surface area contributed by atoms with Gasteiger partial charge in [-0.1, -0.05) is 32.9 Å². The molecule has 0 aliphatic carbocycles. The Kier molecular flexibility index (Phi) is 4.54. The van der Waals surface area contributed by atoms with Crippen molar-refractivity contribution in [1.29, 1.82) is 0 Å². The molecular formula is C20H23N7O. The highest BCUT2D eigenvalue weighted by molar-refractivity contribution is 5.85. The Bertz CT molecular complexity index is 1090. The Morgan fingerprint density at radius 2 is 1.89 bits per heavy atom. The Balaban J connectivity index is 1.79. The first-order chi connectivity index (χ1) is 13.4. The minimum Gasteiger partial charge on any atom is -0.463 e. The maximum atomic E-state index is 5.93. The minimum atomic E-state index is 0.147. The van der Waals surface area contributed by atoms with Crippen LogP contribution >= 0.6 is 0 Å². The molecule has 0 aromatic carbocycles. The van der Waals surface area contributed by atoms with Gasteiger partial charge in [0.05, 0.1) is 18.5 Å². The van der Waals surface area contributed by atoms with Gasteiger partial charge in [-0.25, -0.2) is 9.67 Å². The molecule has 4 aromatic heterocycles. The van der Waals surface area contributed by atoms with E-state index >= 15 is 0 Å². The van der Waals surface area contributed by atoms with Gasteiger partial charge in [-0.05, 0) is 41.7 Å². The van der Waals surface area contributed by atoms with Crippen LogP contribution in [0, 0.1) is 0 Å². The summed E-state index contributed by atoms with van der Waals surface area (Å²) in [6.45, 7) is 9.09. The van der Waals surface area contributed by atoms with E-state index in [1.807, 2.05) is 6.07 Å². The van der Waals surface area contributed by atoms with E-state index in [0.717, 1.165) is 11.4 Å². The van der Waals surface area contributed by atoms with Gasteiger partial charge in [-0.15, -0.1) is 5.10 Å². The number of rotatable bonds is 5. The van der Waals surface area contributed by atoms with Crippen LogP contribution in [-0.4, -0.2) is 29.9 Å². The Morgan fingerprint density at radius 3 is 2.57 bits per heavy atom. The summed E-state index contributed by atoms with van der Waals surface area (Å²) >= 11 is 0. The van der Waals surface area contributed by atoms with Gasteiger partial charge >= 0.3 is 0 Å². The second kappa shape index (κ2) is 7.03. The number of anilines is 1. The zero-order valence-electron chi connectivity index (χ0n) is 16.4. The number of nitrogen functional groups attached to an aromatic ring is 1. The number of nitrogens with zero attached hydrogens (tertiary/aromatic N) is 6. The van der Waals surface area contributed by atoms with Crippen LogP contribution in [0.25, 0.3) is 22.6 Å². The van der Waals surface area contributed by atoms with Crippen molar-refractivity contribution in [2.24, 2.45) is 0 Å². The van der Waals surface area contributed by atoms with E-state index in [2.05, 4.69) is 60.1 Å². The van der Waals surface area contributed by atoms with Crippen molar-refractivity contribution < 1.29 is 4.42 Å². The lowest BCUT2D eigenvalue weighted by molar-refractivity contribution is 0.580. The molecule has 8 nitrogen and oxygen atoms in total. The van der Waals surface area contributed by atoms with E-state index in [1.165, 1.54) is 5.56 Å². The molecule has 0 radical (unpaired) electrons. The number of nitrogens with two attached hydrogens (primary N) is 1. The Morgan fingerprint density at radius 1 is 1.07 bits per heavy atom. The maximum Gasteiger partial charge on any atom is 0.222 e. The van der Waals surface area contributed by atoms with E-state index in [9.17, 15) is 0 Å². The van der Waals surface area contributed by atoms with E-state index in [1.54, 1.807) is 17.0 Å². The van der Waals surface area contributed by atoms with Crippen LogP contribution in [0.4, 0.5) is 5.95 Å². The fourth-order valence-corrected chi connectivity index (χ4v) is 3.06. The average Bonchev–Trinajstić information content (AvgIpc) is 3.31. The van der Waals surface area contributed by atoms with Crippen LogP contribution in [0.1, 0.15) is 56.5 Å². The molecule has 28 heavy (non-hydrogen) atoms. The molecule has 8 heteroatoms. The molecule has 0 unspecified atom stereocenters. The molecule has 0 atom stereocenters. The molecule has 2 N–H and O–H groups in total. The molecule has 0 aliphatic heterocycles. The summed E-state index contributed by atoms with van der Waals surface area (Å²) in [6.07, 6.45) is 1.58. The molecule has 4 rings (SSSR count). The lowest BCUT2D eigenvalue weighted by Crippen LogP contribution is -2.09. The van der Waals surface area contributed by atoms with Crippen LogP contribution in [0.15, 0.2) is 34.9 Å². The van der Waals surface area contributed by atoms with Crippen LogP contribution in [0.3, 0.4) is 0 Å². The first-order valence-corrected chi connectivity index (χ1v) is 9.33. The van der Waals surface area contributed by atoms with Gasteiger partial charge in [0, 0.05) is 5.69 Å². The number of furan rings is 1. The van der Waals surface area contributed by atoms with Gasteiger partial charge in [0.1, 0.15) is 5.69 Å². The van der Waals surface area contributed by atoms with Crippen LogP contribution in [0.5, 0.6) is 0 Å². The highest BCUT2D eigenvalue weighted by Gasteiger charge is 2.18. The van der Waals surface area contributed by atoms with E-state index in [4.69, 9.17) is 15.1 Å². The van der Waals surface area contributed by atoms with Crippen molar-refractivity contribution in [3.63, 3.8) is 0 Å². The van der Waals surface area contributed by atoms with Gasteiger partial charge in [0.2, 0.25) is 5.95 Å². The van der Waals surface area contributed by atoms with E-state index in [-0.39, 0.29) is 5.95 Å². The van der Waals surface area contributed by atoms with Crippen molar-refractivity contribution in [1.82, 2.24) is 29.9 Å². The van der Waals surface area contributed by atoms with Gasteiger partial charge < -0.3 is 10.2 Å². The molecule has 0 bridgehead atoms. The topological polar surface area (TPSA) is 109 Å². The number of hydrogen-bond acceptors (Lipinski definition) is 7. The monoisotopic (exact) mass is 377 g/mol. The quantitative estimate of drug-likeness (QED) is 0.564. The van der Waals surface area contributed by atoms with Crippen molar-refractivity contribution >= 4 is 17.1 Å². The van der Waals surface area contributed by atoms with Crippen LogP contribution in [-0.2, 0) is 6.54 Å². The molecular weight excluding hydrogens is 354 g/mol. The number of pyridine rings is 1. The standard InChI is InChI=1S/C20H23N7O/c1-11(2)13-8-14(22-15(9-13)12(3)4)10-27-19-18(25-26-27)17(23-20(21)24-19)16-6-5-7-28-16/h5-9,11-12H,10H2,1-4H3,(H2,21,23,24). The zero-order chi connectivity index (χ0) is 19.8. The maximum absolute atomic E-state index is 5.93. The second-order valence-electron chi connectivity index (χ2n) is 7.45. The number of aromatic nitrogens is 6. The second-order valence-corrected chi connectivity index (χ2v) is 7.45. The van der Waals surface area contributed by atoms with E-state index < -0.39 is 0 Å². The highest BCUT2D eigenvalue weighted by atomic mass is 16.3. The third kappa shape index (κ3) is 3.33. The lowest BCUT2D eigenvalue weighted by atomic mass is 9.99. The minimum absolute atomic E-state index is 0.147. The third-order valence-corrected chi connectivity index (χ3v) is 4.63. The summed E-state index contributed by atoms with van der Waals surface area (Å²) in [5, 5.41) is 8.55. The number of hydrogen-bond donors (Lipinski definition) is 1. The first-order valence-electron chi connectivity index (χ1n) is 9.33. The van der Waals surface area contributed by atoms with Gasteiger partial charge in [0.25, 0.3) is 0 Å². The van der Waals surface area contributed by atoms with Gasteiger partial charge in [0.15, 0.2) is 16.9 Å². The molecule has 0 saturated carbocycles. The van der Waals surface area contributed by atoms with Crippen molar-refractivity contribution in [3.05, 3.63) is 47.5 Å². The molecule has 0 spiro atoms. The normalized spacial score (nSPS) is 11.8. The predicted molar refractivity (Wildman–Crippen MR) is 107 cm³/mol. The first kappa shape index (κ1) is 18.1. The summed E-state index contributed by atoms with van der Waals surface area (Å²) in [7, 11) is 0.